The van der Waals surface area contributed by atoms with Crippen molar-refractivity contribution in [1.82, 2.24) is 10.2 Å². The van der Waals surface area contributed by atoms with Crippen molar-refractivity contribution in [2.24, 2.45) is 11.8 Å². The van der Waals surface area contributed by atoms with E-state index in [4.69, 9.17) is 0 Å². The fraction of sp³-hybridized carbons (Fsp3) is 1.00. The minimum Gasteiger partial charge on any atom is -0.317 e. The van der Waals surface area contributed by atoms with Crippen LogP contribution in [0.3, 0.4) is 0 Å². The minimum absolute atomic E-state index is 0.912. The van der Waals surface area contributed by atoms with E-state index < -0.39 is 0 Å². The van der Waals surface area contributed by atoms with Crippen molar-refractivity contribution in [1.29, 1.82) is 0 Å². The molecular formula is C16H32N2. The Morgan fingerprint density at radius 2 is 1.78 bits per heavy atom. The quantitative estimate of drug-likeness (QED) is 0.773. The third-order valence-corrected chi connectivity index (χ3v) is 5.08. The van der Waals surface area contributed by atoms with Gasteiger partial charge in [0.25, 0.3) is 0 Å². The molecule has 2 atom stereocenters. The van der Waals surface area contributed by atoms with Crippen LogP contribution in [-0.4, -0.2) is 37.1 Å². The van der Waals surface area contributed by atoms with E-state index in [2.05, 4.69) is 24.1 Å². The largest absolute Gasteiger partial charge is 0.317 e. The average molecular weight is 252 g/mol. The molecule has 0 bridgehead atoms. The zero-order valence-corrected chi connectivity index (χ0v) is 12.5. The second-order valence-electron chi connectivity index (χ2n) is 6.55. The first-order chi connectivity index (χ1) is 8.79. The zero-order chi connectivity index (χ0) is 12.8. The Kier molecular flexibility index (Phi) is 5.97. The van der Waals surface area contributed by atoms with Crippen molar-refractivity contribution in [3.05, 3.63) is 0 Å². The molecule has 0 aromatic carbocycles. The van der Waals surface area contributed by atoms with Gasteiger partial charge in [-0.05, 0) is 70.1 Å². The SMILES string of the molecule is CCNCC1CCN(C2CCCC(C)CC2)CC1. The summed E-state index contributed by atoms with van der Waals surface area (Å²) < 4.78 is 0. The van der Waals surface area contributed by atoms with Crippen LogP contribution in [-0.2, 0) is 0 Å². The van der Waals surface area contributed by atoms with E-state index in [-0.39, 0.29) is 0 Å². The molecule has 0 spiro atoms. The Hall–Kier alpha value is -0.0800. The molecular weight excluding hydrogens is 220 g/mol. The monoisotopic (exact) mass is 252 g/mol. The lowest BCUT2D eigenvalue weighted by Crippen LogP contribution is -2.43. The lowest BCUT2D eigenvalue weighted by atomic mass is 9.94. The maximum Gasteiger partial charge on any atom is 0.00953 e. The van der Waals surface area contributed by atoms with Crippen molar-refractivity contribution in [2.45, 2.75) is 64.8 Å². The highest BCUT2D eigenvalue weighted by atomic mass is 15.2. The average Bonchev–Trinajstić information content (AvgIpc) is 2.62. The molecule has 1 aliphatic carbocycles. The summed E-state index contributed by atoms with van der Waals surface area (Å²) in [6.45, 7) is 9.73. The normalized spacial score (nSPS) is 32.3. The third-order valence-electron chi connectivity index (χ3n) is 5.08. The highest BCUT2D eigenvalue weighted by Crippen LogP contribution is 2.28. The first-order valence-corrected chi connectivity index (χ1v) is 8.24. The van der Waals surface area contributed by atoms with Gasteiger partial charge in [0.2, 0.25) is 0 Å². The van der Waals surface area contributed by atoms with Crippen LogP contribution in [0.2, 0.25) is 0 Å². The summed E-state index contributed by atoms with van der Waals surface area (Å²) in [7, 11) is 0. The fourth-order valence-electron chi connectivity index (χ4n) is 3.70. The second kappa shape index (κ2) is 7.49. The van der Waals surface area contributed by atoms with E-state index in [1.807, 2.05) is 0 Å². The van der Waals surface area contributed by atoms with E-state index >= 15 is 0 Å². The lowest BCUT2D eigenvalue weighted by molar-refractivity contribution is 0.120. The van der Waals surface area contributed by atoms with Crippen LogP contribution in [0, 0.1) is 11.8 Å². The van der Waals surface area contributed by atoms with Gasteiger partial charge in [-0.15, -0.1) is 0 Å². The van der Waals surface area contributed by atoms with E-state index in [0.717, 1.165) is 24.4 Å². The Bertz CT molecular complexity index is 221. The number of piperidine rings is 1. The predicted molar refractivity (Wildman–Crippen MR) is 78.9 cm³/mol. The molecule has 106 valence electrons. The van der Waals surface area contributed by atoms with Gasteiger partial charge >= 0.3 is 0 Å². The number of hydrogen-bond donors (Lipinski definition) is 1. The van der Waals surface area contributed by atoms with E-state index in [1.165, 1.54) is 64.6 Å². The zero-order valence-electron chi connectivity index (χ0n) is 12.5. The van der Waals surface area contributed by atoms with Crippen LogP contribution in [0.4, 0.5) is 0 Å². The van der Waals surface area contributed by atoms with Gasteiger partial charge in [-0.25, -0.2) is 0 Å². The highest BCUT2D eigenvalue weighted by Gasteiger charge is 2.26. The van der Waals surface area contributed by atoms with Gasteiger partial charge in [0.15, 0.2) is 0 Å². The molecule has 2 rings (SSSR count). The summed E-state index contributed by atoms with van der Waals surface area (Å²) >= 11 is 0. The number of likely N-dealkylation sites (tertiary alicyclic amines) is 1. The van der Waals surface area contributed by atoms with Gasteiger partial charge in [-0.1, -0.05) is 26.7 Å². The van der Waals surface area contributed by atoms with Crippen molar-refractivity contribution in [2.75, 3.05) is 26.2 Å². The standard InChI is InChI=1S/C16H32N2/c1-3-17-13-15-9-11-18(12-10-15)16-6-4-5-14(2)7-8-16/h14-17H,3-13H2,1-2H3. The first kappa shape index (κ1) is 14.3. The van der Waals surface area contributed by atoms with Crippen LogP contribution in [0.15, 0.2) is 0 Å². The smallest absolute Gasteiger partial charge is 0.00953 e. The molecule has 0 amide bonds. The van der Waals surface area contributed by atoms with Gasteiger partial charge in [-0.2, -0.15) is 0 Å². The van der Waals surface area contributed by atoms with Crippen molar-refractivity contribution in [3.63, 3.8) is 0 Å². The second-order valence-corrected chi connectivity index (χ2v) is 6.55. The Morgan fingerprint density at radius 1 is 1.00 bits per heavy atom. The summed E-state index contributed by atoms with van der Waals surface area (Å²) in [6, 6.07) is 0.912. The van der Waals surface area contributed by atoms with E-state index in [0.29, 0.717) is 0 Å². The first-order valence-electron chi connectivity index (χ1n) is 8.24. The maximum absolute atomic E-state index is 3.51. The molecule has 1 N–H and O–H groups in total. The van der Waals surface area contributed by atoms with Crippen LogP contribution in [0.5, 0.6) is 0 Å². The molecule has 1 heterocycles. The van der Waals surface area contributed by atoms with Gasteiger partial charge in [-0.3, -0.25) is 0 Å². The number of rotatable bonds is 4. The van der Waals surface area contributed by atoms with Crippen molar-refractivity contribution in [3.8, 4) is 0 Å². The predicted octanol–water partition coefficient (Wildman–Crippen LogP) is 3.28. The molecule has 2 fully saturated rings. The molecule has 0 aromatic rings. The molecule has 1 aliphatic heterocycles. The molecule has 18 heavy (non-hydrogen) atoms. The van der Waals surface area contributed by atoms with Crippen LogP contribution >= 0.6 is 0 Å². The van der Waals surface area contributed by atoms with Crippen molar-refractivity contribution >= 4 is 0 Å². The highest BCUT2D eigenvalue weighted by molar-refractivity contribution is 4.81. The molecule has 1 saturated heterocycles. The summed E-state index contributed by atoms with van der Waals surface area (Å²) in [6.07, 6.45) is 10.1. The Morgan fingerprint density at radius 3 is 2.50 bits per heavy atom. The van der Waals surface area contributed by atoms with Gasteiger partial charge in [0, 0.05) is 6.04 Å². The van der Waals surface area contributed by atoms with Crippen LogP contribution in [0.1, 0.15) is 58.8 Å². The van der Waals surface area contributed by atoms with Crippen LogP contribution in [0.25, 0.3) is 0 Å². The molecule has 0 aromatic heterocycles. The molecule has 2 heteroatoms. The number of nitrogens with one attached hydrogen (secondary N) is 1. The molecule has 2 aliphatic rings. The lowest BCUT2D eigenvalue weighted by Gasteiger charge is -2.37. The number of nitrogens with zero attached hydrogens (tertiary/aromatic N) is 1. The van der Waals surface area contributed by atoms with Gasteiger partial charge in [0.05, 0.1) is 0 Å². The van der Waals surface area contributed by atoms with Crippen molar-refractivity contribution < 1.29 is 0 Å². The number of hydrogen-bond acceptors (Lipinski definition) is 2. The molecule has 0 radical (unpaired) electrons. The Labute approximate surface area is 114 Å². The van der Waals surface area contributed by atoms with E-state index in [1.54, 1.807) is 0 Å². The molecule has 2 unspecified atom stereocenters. The minimum atomic E-state index is 0.912. The molecule has 1 saturated carbocycles. The topological polar surface area (TPSA) is 15.3 Å². The van der Waals surface area contributed by atoms with Gasteiger partial charge in [0.1, 0.15) is 0 Å². The summed E-state index contributed by atoms with van der Waals surface area (Å²) in [4.78, 5) is 2.81. The van der Waals surface area contributed by atoms with Gasteiger partial charge < -0.3 is 10.2 Å². The fourth-order valence-corrected chi connectivity index (χ4v) is 3.70. The molecule has 2 nitrogen and oxygen atoms in total. The summed E-state index contributed by atoms with van der Waals surface area (Å²) in [5.41, 5.74) is 0. The van der Waals surface area contributed by atoms with E-state index in [9.17, 15) is 0 Å². The van der Waals surface area contributed by atoms with Crippen LogP contribution < -0.4 is 5.32 Å². The maximum atomic E-state index is 3.51. The summed E-state index contributed by atoms with van der Waals surface area (Å²) in [5.74, 6) is 1.91. The third kappa shape index (κ3) is 4.24. The summed E-state index contributed by atoms with van der Waals surface area (Å²) in [5, 5.41) is 3.51. The Balaban J connectivity index is 1.71.